The van der Waals surface area contributed by atoms with Crippen molar-refractivity contribution in [2.24, 2.45) is 0 Å². The Kier molecular flexibility index (Phi) is 3.50. The van der Waals surface area contributed by atoms with Gasteiger partial charge in [0.15, 0.2) is 0 Å². The molecular weight excluding hydrogens is 192 g/mol. The Morgan fingerprint density at radius 1 is 1.20 bits per heavy atom. The van der Waals surface area contributed by atoms with Crippen LogP contribution in [0.2, 0.25) is 0 Å². The van der Waals surface area contributed by atoms with Crippen LogP contribution < -0.4 is 0 Å². The van der Waals surface area contributed by atoms with Gasteiger partial charge in [-0.3, -0.25) is 0 Å². The van der Waals surface area contributed by atoms with E-state index in [1.165, 1.54) is 7.11 Å². The summed E-state index contributed by atoms with van der Waals surface area (Å²) in [5.74, 6) is -1.97. The molecule has 1 atom stereocenters. The number of rotatable bonds is 4. The molecular formula is C12H18O3. The molecule has 0 aliphatic carbocycles. The van der Waals surface area contributed by atoms with Gasteiger partial charge in [0.25, 0.3) is 0 Å². The van der Waals surface area contributed by atoms with Gasteiger partial charge in [0.05, 0.1) is 0 Å². The first-order valence-electron chi connectivity index (χ1n) is 5.03. The molecule has 84 valence electrons. The Hall–Kier alpha value is -0.900. The fourth-order valence-electron chi connectivity index (χ4n) is 1.51. The fraction of sp³-hybridized carbons (Fsp3) is 0.500. The first-order valence-corrected chi connectivity index (χ1v) is 5.03. The Balaban J connectivity index is 3.12. The number of aliphatic hydroxyl groups is 2. The van der Waals surface area contributed by atoms with E-state index < -0.39 is 11.4 Å². The van der Waals surface area contributed by atoms with E-state index in [-0.39, 0.29) is 0 Å². The normalized spacial score (nSPS) is 16.1. The summed E-state index contributed by atoms with van der Waals surface area (Å²) in [6.45, 7) is 3.54. The molecule has 1 rings (SSSR count). The van der Waals surface area contributed by atoms with Gasteiger partial charge in [0.2, 0.25) is 5.79 Å². The minimum absolute atomic E-state index is 0.441. The molecule has 0 bridgehead atoms. The smallest absolute Gasteiger partial charge is 0.219 e. The van der Waals surface area contributed by atoms with Gasteiger partial charge in [-0.25, -0.2) is 0 Å². The number of benzene rings is 1. The third-order valence-corrected chi connectivity index (χ3v) is 3.04. The molecule has 0 saturated carbocycles. The fourth-order valence-corrected chi connectivity index (χ4v) is 1.51. The summed E-state index contributed by atoms with van der Waals surface area (Å²) in [4.78, 5) is 0. The predicted molar refractivity (Wildman–Crippen MR) is 58.3 cm³/mol. The van der Waals surface area contributed by atoms with Gasteiger partial charge in [0, 0.05) is 12.7 Å². The Bertz CT molecular complexity index is 302. The monoisotopic (exact) mass is 210 g/mol. The molecule has 0 saturated heterocycles. The first-order chi connectivity index (χ1) is 6.98. The van der Waals surface area contributed by atoms with Crippen molar-refractivity contribution in [3.63, 3.8) is 0 Å². The number of methoxy groups -OCH3 is 1. The molecule has 3 nitrogen and oxygen atoms in total. The highest BCUT2D eigenvalue weighted by molar-refractivity contribution is 5.22. The third kappa shape index (κ3) is 2.04. The van der Waals surface area contributed by atoms with Gasteiger partial charge in [-0.05, 0) is 13.3 Å². The highest BCUT2D eigenvalue weighted by Gasteiger charge is 2.46. The summed E-state index contributed by atoms with van der Waals surface area (Å²) in [5, 5.41) is 20.3. The van der Waals surface area contributed by atoms with E-state index >= 15 is 0 Å². The van der Waals surface area contributed by atoms with E-state index in [1.807, 2.05) is 13.0 Å². The van der Waals surface area contributed by atoms with Crippen molar-refractivity contribution in [2.75, 3.05) is 7.11 Å². The zero-order chi connectivity index (χ0) is 11.5. The highest BCUT2D eigenvalue weighted by Crippen LogP contribution is 2.35. The second kappa shape index (κ2) is 4.31. The quantitative estimate of drug-likeness (QED) is 0.743. The van der Waals surface area contributed by atoms with Crippen LogP contribution in [0.3, 0.4) is 0 Å². The summed E-state index contributed by atoms with van der Waals surface area (Å²) in [7, 11) is 1.48. The molecule has 0 aliphatic heterocycles. The molecule has 15 heavy (non-hydrogen) atoms. The Morgan fingerprint density at radius 2 is 1.73 bits per heavy atom. The molecule has 0 amide bonds. The minimum atomic E-state index is -1.97. The maximum absolute atomic E-state index is 10.1. The van der Waals surface area contributed by atoms with Crippen molar-refractivity contribution < 1.29 is 14.9 Å². The standard InChI is InChI=1S/C12H18O3/c1-4-11(2,15-3)12(13,14)10-8-6-5-7-9-10/h5-9,13-14H,4H2,1-3H3. The lowest BCUT2D eigenvalue weighted by Gasteiger charge is -2.39. The predicted octanol–water partition coefficient (Wildman–Crippen LogP) is 1.64. The van der Waals surface area contributed by atoms with E-state index in [0.717, 1.165) is 0 Å². The second-order valence-electron chi connectivity index (χ2n) is 3.83. The third-order valence-electron chi connectivity index (χ3n) is 3.04. The Morgan fingerprint density at radius 3 is 2.13 bits per heavy atom. The molecule has 0 aliphatic rings. The summed E-state index contributed by atoms with van der Waals surface area (Å²) in [6.07, 6.45) is 0.505. The lowest BCUT2D eigenvalue weighted by Crippen LogP contribution is -2.50. The first kappa shape index (κ1) is 12.2. The van der Waals surface area contributed by atoms with Gasteiger partial charge in [-0.2, -0.15) is 0 Å². The molecule has 0 heterocycles. The highest BCUT2D eigenvalue weighted by atomic mass is 16.6. The molecule has 0 aromatic heterocycles. The van der Waals surface area contributed by atoms with Crippen LogP contribution in [-0.2, 0) is 10.5 Å². The summed E-state index contributed by atoms with van der Waals surface area (Å²) in [5.41, 5.74) is -0.565. The van der Waals surface area contributed by atoms with Crippen molar-refractivity contribution in [3.8, 4) is 0 Å². The van der Waals surface area contributed by atoms with Crippen LogP contribution in [0.25, 0.3) is 0 Å². The van der Waals surface area contributed by atoms with E-state index in [2.05, 4.69) is 0 Å². The summed E-state index contributed by atoms with van der Waals surface area (Å²) < 4.78 is 5.21. The maximum atomic E-state index is 10.1. The van der Waals surface area contributed by atoms with E-state index in [4.69, 9.17) is 4.74 Å². The van der Waals surface area contributed by atoms with Crippen LogP contribution in [0.15, 0.2) is 30.3 Å². The van der Waals surface area contributed by atoms with E-state index in [1.54, 1.807) is 31.2 Å². The van der Waals surface area contributed by atoms with Crippen LogP contribution in [0.5, 0.6) is 0 Å². The van der Waals surface area contributed by atoms with E-state index in [0.29, 0.717) is 12.0 Å². The zero-order valence-corrected chi connectivity index (χ0v) is 9.40. The number of ether oxygens (including phenoxy) is 1. The van der Waals surface area contributed by atoms with Gasteiger partial charge >= 0.3 is 0 Å². The maximum Gasteiger partial charge on any atom is 0.219 e. The topological polar surface area (TPSA) is 49.7 Å². The lowest BCUT2D eigenvalue weighted by atomic mass is 9.86. The second-order valence-corrected chi connectivity index (χ2v) is 3.83. The van der Waals surface area contributed by atoms with Crippen LogP contribution in [0.1, 0.15) is 25.8 Å². The van der Waals surface area contributed by atoms with Crippen LogP contribution >= 0.6 is 0 Å². The molecule has 2 N–H and O–H groups in total. The van der Waals surface area contributed by atoms with Crippen molar-refractivity contribution in [1.29, 1.82) is 0 Å². The molecule has 0 spiro atoms. The van der Waals surface area contributed by atoms with Crippen molar-refractivity contribution in [3.05, 3.63) is 35.9 Å². The molecule has 1 aromatic carbocycles. The minimum Gasteiger partial charge on any atom is -0.373 e. The van der Waals surface area contributed by atoms with Gasteiger partial charge in [0.1, 0.15) is 5.60 Å². The molecule has 0 fully saturated rings. The number of hydrogen-bond acceptors (Lipinski definition) is 3. The SMILES string of the molecule is CCC(C)(OC)C(O)(O)c1ccccc1. The van der Waals surface area contributed by atoms with Gasteiger partial charge in [-0.15, -0.1) is 0 Å². The van der Waals surface area contributed by atoms with Crippen LogP contribution in [0, 0.1) is 0 Å². The van der Waals surface area contributed by atoms with Crippen LogP contribution in [-0.4, -0.2) is 22.9 Å². The van der Waals surface area contributed by atoms with Crippen molar-refractivity contribution in [1.82, 2.24) is 0 Å². The van der Waals surface area contributed by atoms with E-state index in [9.17, 15) is 10.2 Å². The van der Waals surface area contributed by atoms with Crippen LogP contribution in [0.4, 0.5) is 0 Å². The lowest BCUT2D eigenvalue weighted by molar-refractivity contribution is -0.287. The summed E-state index contributed by atoms with van der Waals surface area (Å²) >= 11 is 0. The van der Waals surface area contributed by atoms with Gasteiger partial charge in [-0.1, -0.05) is 37.3 Å². The molecule has 1 unspecified atom stereocenters. The largest absolute Gasteiger partial charge is 0.373 e. The molecule has 1 aromatic rings. The van der Waals surface area contributed by atoms with Gasteiger partial charge < -0.3 is 14.9 Å². The van der Waals surface area contributed by atoms with Crippen molar-refractivity contribution in [2.45, 2.75) is 31.7 Å². The zero-order valence-electron chi connectivity index (χ0n) is 9.40. The summed E-state index contributed by atoms with van der Waals surface area (Å²) in [6, 6.07) is 8.71. The Labute approximate surface area is 90.3 Å². The molecule has 0 radical (unpaired) electrons. The molecule has 3 heteroatoms. The average Bonchev–Trinajstić information content (AvgIpc) is 2.29. The van der Waals surface area contributed by atoms with Crippen molar-refractivity contribution >= 4 is 0 Å². The number of hydrogen-bond donors (Lipinski definition) is 2. The average molecular weight is 210 g/mol.